The summed E-state index contributed by atoms with van der Waals surface area (Å²) in [6.45, 7) is 1.55. The number of carbonyl (C=O) groups is 1. The highest BCUT2D eigenvalue weighted by Crippen LogP contribution is 2.17. The predicted molar refractivity (Wildman–Crippen MR) is 50.8 cm³/mol. The van der Waals surface area contributed by atoms with Crippen LogP contribution in [0.15, 0.2) is 12.1 Å². The van der Waals surface area contributed by atoms with Gasteiger partial charge in [0.05, 0.1) is 5.56 Å². The van der Waals surface area contributed by atoms with Crippen LogP contribution < -0.4 is 0 Å². The molecule has 0 aliphatic rings. The van der Waals surface area contributed by atoms with Crippen LogP contribution in [-0.2, 0) is 0 Å². The van der Waals surface area contributed by atoms with E-state index in [1.165, 1.54) is 12.1 Å². The van der Waals surface area contributed by atoms with Gasteiger partial charge in [-0.05, 0) is 47.2 Å². The third-order valence-electron chi connectivity index (χ3n) is 1.46. The lowest BCUT2D eigenvalue weighted by Crippen LogP contribution is -1.99. The molecule has 0 atom stereocenters. The van der Waals surface area contributed by atoms with Gasteiger partial charge >= 0.3 is 5.97 Å². The molecule has 4 heteroatoms. The number of hydrogen-bond acceptors (Lipinski definition) is 1. The molecule has 0 bridgehead atoms. The van der Waals surface area contributed by atoms with Crippen molar-refractivity contribution in [2.24, 2.45) is 0 Å². The molecule has 1 rings (SSSR count). The van der Waals surface area contributed by atoms with Gasteiger partial charge in [0.25, 0.3) is 0 Å². The summed E-state index contributed by atoms with van der Waals surface area (Å²) in [7, 11) is 0. The summed E-state index contributed by atoms with van der Waals surface area (Å²) in [4.78, 5) is 10.5. The van der Waals surface area contributed by atoms with Crippen molar-refractivity contribution in [3.05, 3.63) is 32.6 Å². The molecule has 0 aliphatic heterocycles. The number of carboxylic acid groups (broad SMARTS) is 1. The molecule has 0 saturated heterocycles. The van der Waals surface area contributed by atoms with E-state index >= 15 is 0 Å². The predicted octanol–water partition coefficient (Wildman–Crippen LogP) is 2.44. The SMILES string of the molecule is Cc1cc(C(=O)O)cc(I)c1F. The van der Waals surface area contributed by atoms with Crippen molar-refractivity contribution >= 4 is 28.6 Å². The number of aromatic carboxylic acids is 1. The minimum absolute atomic E-state index is 0.123. The zero-order valence-electron chi connectivity index (χ0n) is 6.27. The van der Waals surface area contributed by atoms with Gasteiger partial charge in [-0.25, -0.2) is 9.18 Å². The Bertz CT molecular complexity index is 313. The third-order valence-corrected chi connectivity index (χ3v) is 2.24. The van der Waals surface area contributed by atoms with Gasteiger partial charge in [-0.1, -0.05) is 0 Å². The van der Waals surface area contributed by atoms with E-state index in [1.54, 1.807) is 29.5 Å². The Morgan fingerprint density at radius 2 is 2.17 bits per heavy atom. The Morgan fingerprint density at radius 1 is 1.58 bits per heavy atom. The molecule has 2 nitrogen and oxygen atoms in total. The van der Waals surface area contributed by atoms with Crippen molar-refractivity contribution in [1.82, 2.24) is 0 Å². The van der Waals surface area contributed by atoms with E-state index in [1.807, 2.05) is 0 Å². The first kappa shape index (κ1) is 9.44. The summed E-state index contributed by atoms with van der Waals surface area (Å²) in [6, 6.07) is 2.63. The molecular weight excluding hydrogens is 274 g/mol. The van der Waals surface area contributed by atoms with Crippen LogP contribution in [0.5, 0.6) is 0 Å². The van der Waals surface area contributed by atoms with Gasteiger partial charge in [0.1, 0.15) is 5.82 Å². The third kappa shape index (κ3) is 1.74. The molecule has 0 unspecified atom stereocenters. The van der Waals surface area contributed by atoms with E-state index in [4.69, 9.17) is 5.11 Å². The quantitative estimate of drug-likeness (QED) is 0.802. The molecule has 0 radical (unpaired) electrons. The maximum atomic E-state index is 13.0. The Labute approximate surface area is 82.5 Å². The van der Waals surface area contributed by atoms with E-state index in [9.17, 15) is 9.18 Å². The van der Waals surface area contributed by atoms with Crippen LogP contribution in [0.4, 0.5) is 4.39 Å². The van der Waals surface area contributed by atoms with Gasteiger partial charge in [-0.3, -0.25) is 0 Å². The summed E-state index contributed by atoms with van der Waals surface area (Å²) >= 11 is 1.77. The minimum atomic E-state index is -1.03. The first-order valence-electron chi connectivity index (χ1n) is 3.21. The van der Waals surface area contributed by atoms with Crippen LogP contribution in [0.2, 0.25) is 0 Å². The van der Waals surface area contributed by atoms with Crippen LogP contribution in [0.25, 0.3) is 0 Å². The molecular formula is C8H6FIO2. The van der Waals surface area contributed by atoms with Crippen molar-refractivity contribution in [3.8, 4) is 0 Å². The largest absolute Gasteiger partial charge is 0.478 e. The highest BCUT2D eigenvalue weighted by molar-refractivity contribution is 14.1. The van der Waals surface area contributed by atoms with Crippen LogP contribution in [0, 0.1) is 16.3 Å². The molecule has 0 aromatic heterocycles. The monoisotopic (exact) mass is 280 g/mol. The van der Waals surface area contributed by atoms with E-state index in [-0.39, 0.29) is 11.4 Å². The number of carboxylic acids is 1. The van der Waals surface area contributed by atoms with Crippen molar-refractivity contribution in [2.45, 2.75) is 6.92 Å². The number of rotatable bonds is 1. The summed E-state index contributed by atoms with van der Waals surface area (Å²) in [5, 5.41) is 8.60. The highest BCUT2D eigenvalue weighted by atomic mass is 127. The Morgan fingerprint density at radius 3 is 2.58 bits per heavy atom. The van der Waals surface area contributed by atoms with Gasteiger partial charge in [0.15, 0.2) is 0 Å². The fourth-order valence-electron chi connectivity index (χ4n) is 0.850. The smallest absolute Gasteiger partial charge is 0.335 e. The lowest BCUT2D eigenvalue weighted by Gasteiger charge is -2.00. The highest BCUT2D eigenvalue weighted by Gasteiger charge is 2.09. The molecule has 1 aromatic carbocycles. The summed E-state index contributed by atoms with van der Waals surface area (Å²) in [6.07, 6.45) is 0. The average molecular weight is 280 g/mol. The lowest BCUT2D eigenvalue weighted by molar-refractivity contribution is 0.0696. The van der Waals surface area contributed by atoms with Gasteiger partial charge in [0, 0.05) is 3.57 Å². The Kier molecular flexibility index (Phi) is 2.66. The van der Waals surface area contributed by atoms with E-state index in [0.29, 0.717) is 9.13 Å². The second-order valence-corrected chi connectivity index (χ2v) is 3.56. The molecule has 1 aromatic rings. The molecule has 12 heavy (non-hydrogen) atoms. The van der Waals surface area contributed by atoms with Gasteiger partial charge in [-0.15, -0.1) is 0 Å². The topological polar surface area (TPSA) is 37.3 Å². The Balaban J connectivity index is 3.31. The number of benzene rings is 1. The van der Waals surface area contributed by atoms with Crippen molar-refractivity contribution in [2.75, 3.05) is 0 Å². The standard InChI is InChI=1S/C8H6FIO2/c1-4-2-5(8(11)12)3-6(10)7(4)9/h2-3H,1H3,(H,11,12). The summed E-state index contributed by atoms with van der Waals surface area (Å²) < 4.78 is 13.3. The normalized spacial score (nSPS) is 9.92. The molecule has 0 fully saturated rings. The van der Waals surface area contributed by atoms with E-state index < -0.39 is 5.97 Å². The van der Waals surface area contributed by atoms with Crippen LogP contribution >= 0.6 is 22.6 Å². The van der Waals surface area contributed by atoms with Gasteiger partial charge in [-0.2, -0.15) is 0 Å². The van der Waals surface area contributed by atoms with Crippen LogP contribution in [-0.4, -0.2) is 11.1 Å². The van der Waals surface area contributed by atoms with E-state index in [2.05, 4.69) is 0 Å². The van der Waals surface area contributed by atoms with E-state index in [0.717, 1.165) is 0 Å². The molecule has 0 spiro atoms. The van der Waals surface area contributed by atoms with Gasteiger partial charge < -0.3 is 5.11 Å². The first-order valence-corrected chi connectivity index (χ1v) is 4.29. The number of hydrogen-bond donors (Lipinski definition) is 1. The maximum Gasteiger partial charge on any atom is 0.335 e. The Hall–Kier alpha value is -0.650. The van der Waals surface area contributed by atoms with Crippen molar-refractivity contribution in [3.63, 3.8) is 0 Å². The zero-order chi connectivity index (χ0) is 9.30. The average Bonchev–Trinajstić information content (AvgIpc) is 1.99. The summed E-state index contributed by atoms with van der Waals surface area (Å²) in [5.74, 6) is -1.38. The molecule has 0 saturated carbocycles. The number of aryl methyl sites for hydroxylation is 1. The fraction of sp³-hybridized carbons (Fsp3) is 0.125. The maximum absolute atomic E-state index is 13.0. The second kappa shape index (κ2) is 3.38. The van der Waals surface area contributed by atoms with Crippen molar-refractivity contribution < 1.29 is 14.3 Å². The molecule has 64 valence electrons. The minimum Gasteiger partial charge on any atom is -0.478 e. The lowest BCUT2D eigenvalue weighted by atomic mass is 10.1. The van der Waals surface area contributed by atoms with Crippen LogP contribution in [0.3, 0.4) is 0 Å². The summed E-state index contributed by atoms with van der Waals surface area (Å²) in [5.41, 5.74) is 0.484. The van der Waals surface area contributed by atoms with Gasteiger partial charge in [0.2, 0.25) is 0 Å². The number of halogens is 2. The zero-order valence-corrected chi connectivity index (χ0v) is 8.42. The molecule has 0 heterocycles. The molecule has 0 aliphatic carbocycles. The first-order chi connectivity index (χ1) is 5.52. The van der Waals surface area contributed by atoms with Crippen LogP contribution in [0.1, 0.15) is 15.9 Å². The molecule has 1 N–H and O–H groups in total. The van der Waals surface area contributed by atoms with Crippen molar-refractivity contribution in [1.29, 1.82) is 0 Å². The molecule has 0 amide bonds. The fourth-order valence-corrected chi connectivity index (χ4v) is 1.61. The second-order valence-electron chi connectivity index (χ2n) is 2.39.